The van der Waals surface area contributed by atoms with Crippen molar-refractivity contribution in [2.75, 3.05) is 32.5 Å². The Labute approximate surface area is 125 Å². The van der Waals surface area contributed by atoms with Crippen LogP contribution < -0.4 is 10.6 Å². The zero-order valence-electron chi connectivity index (χ0n) is 11.4. The van der Waals surface area contributed by atoms with Gasteiger partial charge in [0.1, 0.15) is 5.82 Å². The van der Waals surface area contributed by atoms with Crippen LogP contribution in [-0.4, -0.2) is 43.9 Å². The van der Waals surface area contributed by atoms with Gasteiger partial charge in [0.2, 0.25) is 0 Å². The Kier molecular flexibility index (Phi) is 6.60. The third kappa shape index (κ3) is 5.66. The lowest BCUT2D eigenvalue weighted by molar-refractivity contribution is -0.136. The third-order valence-corrected chi connectivity index (χ3v) is 2.95. The zero-order valence-corrected chi connectivity index (χ0v) is 13.0. The van der Waals surface area contributed by atoms with E-state index < -0.39 is 17.6 Å². The molecule has 1 rings (SSSR count). The number of halogens is 2. The number of rotatable bonds is 5. The molecule has 1 aromatic carbocycles. The van der Waals surface area contributed by atoms with E-state index in [2.05, 4.69) is 26.6 Å². The molecule has 0 aromatic heterocycles. The highest BCUT2D eigenvalue weighted by molar-refractivity contribution is 9.10. The Morgan fingerprint density at radius 1 is 1.30 bits per heavy atom. The van der Waals surface area contributed by atoms with Gasteiger partial charge >= 0.3 is 11.8 Å². The minimum absolute atomic E-state index is 0.0263. The predicted octanol–water partition coefficient (Wildman–Crippen LogP) is 1.59. The first kappa shape index (κ1) is 16.6. The molecule has 0 radical (unpaired) electrons. The second-order valence-electron chi connectivity index (χ2n) is 4.49. The average Bonchev–Trinajstić information content (AvgIpc) is 2.37. The van der Waals surface area contributed by atoms with Crippen LogP contribution in [0.5, 0.6) is 0 Å². The van der Waals surface area contributed by atoms with Crippen molar-refractivity contribution in [3.05, 3.63) is 28.5 Å². The summed E-state index contributed by atoms with van der Waals surface area (Å²) in [6.07, 6.45) is 0.735. The molecule has 0 saturated carbocycles. The Morgan fingerprint density at radius 3 is 2.60 bits per heavy atom. The summed E-state index contributed by atoms with van der Waals surface area (Å²) in [5.74, 6) is -2.25. The lowest BCUT2D eigenvalue weighted by Crippen LogP contribution is -2.36. The van der Waals surface area contributed by atoms with Crippen molar-refractivity contribution in [1.29, 1.82) is 0 Å². The number of nitrogens with one attached hydrogen (secondary N) is 2. The van der Waals surface area contributed by atoms with Gasteiger partial charge in [-0.3, -0.25) is 9.59 Å². The number of carbonyl (C=O) groups excluding carboxylic acids is 2. The largest absolute Gasteiger partial charge is 0.348 e. The summed E-state index contributed by atoms with van der Waals surface area (Å²) in [6.45, 7) is 1.20. The van der Waals surface area contributed by atoms with Gasteiger partial charge in [-0.15, -0.1) is 0 Å². The molecule has 0 atom stereocenters. The van der Waals surface area contributed by atoms with Crippen molar-refractivity contribution in [1.82, 2.24) is 10.2 Å². The topological polar surface area (TPSA) is 61.4 Å². The van der Waals surface area contributed by atoms with Gasteiger partial charge in [0.25, 0.3) is 0 Å². The number of nitrogens with zero attached hydrogens (tertiary/aromatic N) is 1. The Hall–Kier alpha value is -1.47. The number of benzene rings is 1. The minimum atomic E-state index is -0.879. The molecule has 7 heteroatoms. The maximum atomic E-state index is 13.5. The fourth-order valence-electron chi connectivity index (χ4n) is 1.45. The molecule has 0 aliphatic heterocycles. The summed E-state index contributed by atoms with van der Waals surface area (Å²) in [5.41, 5.74) is -0.0263. The van der Waals surface area contributed by atoms with E-state index in [0.717, 1.165) is 13.0 Å². The number of hydrogen-bond acceptors (Lipinski definition) is 3. The Bertz CT molecular complexity index is 495. The summed E-state index contributed by atoms with van der Waals surface area (Å²) in [4.78, 5) is 25.0. The van der Waals surface area contributed by atoms with Crippen LogP contribution in [0.2, 0.25) is 0 Å². The van der Waals surface area contributed by atoms with E-state index in [0.29, 0.717) is 11.0 Å². The molecule has 0 saturated heterocycles. The van der Waals surface area contributed by atoms with Crippen LogP contribution in [0.3, 0.4) is 0 Å². The smallest absolute Gasteiger partial charge is 0.313 e. The highest BCUT2D eigenvalue weighted by atomic mass is 79.9. The molecule has 0 fully saturated rings. The van der Waals surface area contributed by atoms with Gasteiger partial charge in [-0.25, -0.2) is 4.39 Å². The maximum absolute atomic E-state index is 13.5. The molecule has 20 heavy (non-hydrogen) atoms. The molecule has 0 unspecified atom stereocenters. The maximum Gasteiger partial charge on any atom is 0.313 e. The van der Waals surface area contributed by atoms with Crippen LogP contribution in [0.25, 0.3) is 0 Å². The fraction of sp³-hybridized carbons (Fsp3) is 0.385. The van der Waals surface area contributed by atoms with Crippen LogP contribution in [0.15, 0.2) is 22.7 Å². The van der Waals surface area contributed by atoms with Crippen LogP contribution in [-0.2, 0) is 9.59 Å². The Balaban J connectivity index is 2.43. The van der Waals surface area contributed by atoms with Crippen LogP contribution in [0, 0.1) is 5.82 Å². The monoisotopic (exact) mass is 345 g/mol. The van der Waals surface area contributed by atoms with Crippen molar-refractivity contribution in [3.8, 4) is 0 Å². The molecule has 2 amide bonds. The average molecular weight is 346 g/mol. The predicted molar refractivity (Wildman–Crippen MR) is 78.9 cm³/mol. The van der Waals surface area contributed by atoms with Gasteiger partial charge in [0.05, 0.1) is 5.69 Å². The summed E-state index contributed by atoms with van der Waals surface area (Å²) >= 11 is 3.11. The molecule has 5 nitrogen and oxygen atoms in total. The molecular formula is C13H17BrFN3O2. The highest BCUT2D eigenvalue weighted by Gasteiger charge is 2.15. The van der Waals surface area contributed by atoms with Gasteiger partial charge in [0, 0.05) is 11.0 Å². The summed E-state index contributed by atoms with van der Waals surface area (Å²) in [6, 6.07) is 4.18. The number of amides is 2. The second-order valence-corrected chi connectivity index (χ2v) is 5.41. The summed E-state index contributed by atoms with van der Waals surface area (Å²) in [5, 5.41) is 4.71. The molecule has 0 heterocycles. The lowest BCUT2D eigenvalue weighted by atomic mass is 10.3. The van der Waals surface area contributed by atoms with E-state index in [1.54, 1.807) is 6.07 Å². The van der Waals surface area contributed by atoms with E-state index in [1.807, 2.05) is 19.0 Å². The quantitative estimate of drug-likeness (QED) is 0.629. The number of anilines is 1. The lowest BCUT2D eigenvalue weighted by Gasteiger charge is -2.10. The van der Waals surface area contributed by atoms with Crippen molar-refractivity contribution in [2.45, 2.75) is 6.42 Å². The van der Waals surface area contributed by atoms with E-state index in [-0.39, 0.29) is 5.69 Å². The minimum Gasteiger partial charge on any atom is -0.348 e. The molecule has 0 aliphatic rings. The third-order valence-electron chi connectivity index (χ3n) is 2.45. The molecule has 0 spiro atoms. The molecule has 2 N–H and O–H groups in total. The fourth-order valence-corrected chi connectivity index (χ4v) is 1.78. The van der Waals surface area contributed by atoms with Crippen molar-refractivity contribution >= 4 is 33.4 Å². The first-order chi connectivity index (χ1) is 9.40. The van der Waals surface area contributed by atoms with E-state index in [4.69, 9.17) is 0 Å². The molecule has 0 aliphatic carbocycles. The van der Waals surface area contributed by atoms with Gasteiger partial charge in [-0.2, -0.15) is 0 Å². The van der Waals surface area contributed by atoms with Crippen LogP contribution in [0.4, 0.5) is 10.1 Å². The van der Waals surface area contributed by atoms with Crippen molar-refractivity contribution in [2.24, 2.45) is 0 Å². The van der Waals surface area contributed by atoms with Crippen LogP contribution in [0.1, 0.15) is 6.42 Å². The summed E-state index contributed by atoms with van der Waals surface area (Å²) < 4.78 is 14.0. The van der Waals surface area contributed by atoms with Crippen LogP contribution >= 0.6 is 15.9 Å². The Morgan fingerprint density at radius 2 is 2.00 bits per heavy atom. The van der Waals surface area contributed by atoms with E-state index in [9.17, 15) is 14.0 Å². The zero-order chi connectivity index (χ0) is 15.1. The summed E-state index contributed by atoms with van der Waals surface area (Å²) in [7, 11) is 3.84. The van der Waals surface area contributed by atoms with Gasteiger partial charge in [-0.05, 0) is 45.3 Å². The van der Waals surface area contributed by atoms with Crippen molar-refractivity contribution in [3.63, 3.8) is 0 Å². The number of carbonyl (C=O) groups is 2. The molecular weight excluding hydrogens is 329 g/mol. The second kappa shape index (κ2) is 7.96. The van der Waals surface area contributed by atoms with Gasteiger partial charge in [-0.1, -0.05) is 15.9 Å². The van der Waals surface area contributed by atoms with Gasteiger partial charge < -0.3 is 15.5 Å². The van der Waals surface area contributed by atoms with E-state index in [1.165, 1.54) is 12.1 Å². The SMILES string of the molecule is CN(C)CCCNC(=O)C(=O)Nc1ccc(Br)cc1F. The van der Waals surface area contributed by atoms with Crippen molar-refractivity contribution < 1.29 is 14.0 Å². The standard InChI is InChI=1S/C13H17BrFN3O2/c1-18(2)7-3-6-16-12(19)13(20)17-11-5-4-9(14)8-10(11)15/h4-5,8H,3,6-7H2,1-2H3,(H,16,19)(H,17,20). The molecule has 1 aromatic rings. The molecule has 110 valence electrons. The first-order valence-electron chi connectivity index (χ1n) is 6.09. The molecule has 0 bridgehead atoms. The first-order valence-corrected chi connectivity index (χ1v) is 6.88. The van der Waals surface area contributed by atoms with E-state index >= 15 is 0 Å². The normalized spacial score (nSPS) is 10.4. The van der Waals surface area contributed by atoms with Gasteiger partial charge in [0.15, 0.2) is 0 Å². The highest BCUT2D eigenvalue weighted by Crippen LogP contribution is 2.19. The number of hydrogen-bond donors (Lipinski definition) is 2.